The highest BCUT2D eigenvalue weighted by molar-refractivity contribution is 7.89. The topological polar surface area (TPSA) is 138 Å². The molecule has 3 rings (SSSR count). The third-order valence-corrected chi connectivity index (χ3v) is 7.91. The Morgan fingerprint density at radius 1 is 1.18 bits per heavy atom. The number of halogens is 6. The number of aliphatic hydroxyl groups excluding tert-OH is 1. The fourth-order valence-corrected chi connectivity index (χ4v) is 6.02. The van der Waals surface area contributed by atoms with Crippen molar-refractivity contribution in [3.8, 4) is 21.3 Å². The molecule has 0 fully saturated rings. The van der Waals surface area contributed by atoms with Crippen LogP contribution in [0.2, 0.25) is 0 Å². The zero-order valence-electron chi connectivity index (χ0n) is 20.7. The molecule has 0 unspecified atom stereocenters. The molecule has 216 valence electrons. The molecular formula is C22H24F6N4O5S2. The van der Waals surface area contributed by atoms with Gasteiger partial charge in [-0.05, 0) is 26.3 Å². The molecule has 9 nitrogen and oxygen atoms in total. The number of hydrogen-bond donors (Lipinski definition) is 3. The van der Waals surface area contributed by atoms with Crippen molar-refractivity contribution in [2.75, 3.05) is 0 Å². The molecule has 3 N–H and O–H groups in total. The van der Waals surface area contributed by atoms with E-state index in [1.54, 1.807) is 0 Å². The monoisotopic (exact) mass is 602 g/mol. The van der Waals surface area contributed by atoms with Crippen molar-refractivity contribution < 1.29 is 49.5 Å². The number of sulfonamides is 1. The van der Waals surface area contributed by atoms with E-state index in [-0.39, 0.29) is 39.3 Å². The number of nitrogens with one attached hydrogen (secondary N) is 1. The van der Waals surface area contributed by atoms with E-state index < -0.39 is 70.0 Å². The van der Waals surface area contributed by atoms with E-state index in [4.69, 9.17) is 4.52 Å². The van der Waals surface area contributed by atoms with Gasteiger partial charge in [0.1, 0.15) is 16.8 Å². The molecule has 2 heterocycles. The molecule has 0 bridgehead atoms. The zero-order chi connectivity index (χ0) is 29.3. The van der Waals surface area contributed by atoms with E-state index in [0.717, 1.165) is 24.3 Å². The predicted octanol–water partition coefficient (Wildman–Crippen LogP) is 4.23. The molecule has 0 aliphatic carbocycles. The number of aromatic nitrogens is 3. The van der Waals surface area contributed by atoms with Crippen molar-refractivity contribution in [1.29, 1.82) is 0 Å². The lowest BCUT2D eigenvalue weighted by Crippen LogP contribution is -2.45. The lowest BCUT2D eigenvalue weighted by atomic mass is 10.0. The van der Waals surface area contributed by atoms with Crippen molar-refractivity contribution in [3.63, 3.8) is 0 Å². The molecule has 1 atom stereocenters. The van der Waals surface area contributed by atoms with Crippen LogP contribution in [-0.4, -0.2) is 58.0 Å². The summed E-state index contributed by atoms with van der Waals surface area (Å²) in [6, 6.07) is -0.918. The van der Waals surface area contributed by atoms with E-state index in [2.05, 4.69) is 15.1 Å². The maximum absolute atomic E-state index is 15.5. The molecule has 3 aromatic rings. The van der Waals surface area contributed by atoms with Gasteiger partial charge in [0.15, 0.2) is 5.01 Å². The minimum atomic E-state index is -5.11. The van der Waals surface area contributed by atoms with Gasteiger partial charge in [0.05, 0.1) is 29.2 Å². The number of alkyl halides is 5. The van der Waals surface area contributed by atoms with Crippen LogP contribution < -0.4 is 4.72 Å². The number of hydrogen-bond acceptors (Lipinski definition) is 9. The summed E-state index contributed by atoms with van der Waals surface area (Å²) in [5, 5.41) is 23.5. The first kappa shape index (κ1) is 30.9. The van der Waals surface area contributed by atoms with Crippen molar-refractivity contribution in [2.24, 2.45) is 0 Å². The minimum Gasteiger partial charge on any atom is -0.390 e. The number of rotatable bonds is 11. The Bertz CT molecular complexity index is 1420. The second kappa shape index (κ2) is 11.5. The standard InChI is InChI=1S/C22H24F6N4O5S2/c1-4-14(22(26,27)28)32-39(35,36)13-6-5-10(11(17(13)25)7-15(23)24)18-12(9-33)29-20(38-18)19-30-16(37-31-19)8-21(2,3)34/h5-6,14-15,32-34H,4,7-9H2,1-3H3/t14-/m0/s1. The summed E-state index contributed by atoms with van der Waals surface area (Å²) in [7, 11) is -5.11. The fourth-order valence-electron chi connectivity index (χ4n) is 3.55. The number of thiazole rings is 1. The van der Waals surface area contributed by atoms with Gasteiger partial charge in [-0.1, -0.05) is 18.1 Å². The molecule has 1 aromatic carbocycles. The van der Waals surface area contributed by atoms with Gasteiger partial charge in [-0.2, -0.15) is 22.9 Å². The number of nitrogens with zero attached hydrogens (tertiary/aromatic N) is 3. The summed E-state index contributed by atoms with van der Waals surface area (Å²) >= 11 is 0.759. The molecule has 0 radical (unpaired) electrons. The van der Waals surface area contributed by atoms with E-state index in [1.807, 2.05) is 0 Å². The van der Waals surface area contributed by atoms with Crippen molar-refractivity contribution in [1.82, 2.24) is 19.8 Å². The Balaban J connectivity index is 2.11. The first-order chi connectivity index (χ1) is 18.0. The third-order valence-electron chi connectivity index (χ3n) is 5.29. The summed E-state index contributed by atoms with van der Waals surface area (Å²) in [6.07, 6.45) is -10.1. The highest BCUT2D eigenvalue weighted by Gasteiger charge is 2.42. The molecule has 0 saturated heterocycles. The van der Waals surface area contributed by atoms with Crippen LogP contribution in [0.5, 0.6) is 0 Å². The van der Waals surface area contributed by atoms with E-state index in [0.29, 0.717) is 6.07 Å². The largest absolute Gasteiger partial charge is 0.404 e. The van der Waals surface area contributed by atoms with Gasteiger partial charge in [-0.3, -0.25) is 0 Å². The molecule has 2 aromatic heterocycles. The fraction of sp³-hybridized carbons (Fsp3) is 0.500. The van der Waals surface area contributed by atoms with Crippen molar-refractivity contribution in [2.45, 2.75) is 75.8 Å². The van der Waals surface area contributed by atoms with Crippen LogP contribution >= 0.6 is 11.3 Å². The van der Waals surface area contributed by atoms with Crippen LogP contribution in [-0.2, 0) is 29.5 Å². The van der Waals surface area contributed by atoms with Gasteiger partial charge in [-0.25, -0.2) is 26.6 Å². The first-order valence-corrected chi connectivity index (χ1v) is 13.6. The molecule has 0 spiro atoms. The SMILES string of the molecule is CC[C@H](NS(=O)(=O)c1ccc(-c2sc(-c3noc(CC(C)(C)O)n3)nc2CO)c(CC(F)F)c1F)C(F)(F)F. The predicted molar refractivity (Wildman–Crippen MR) is 127 cm³/mol. The first-order valence-electron chi connectivity index (χ1n) is 11.3. The summed E-state index contributed by atoms with van der Waals surface area (Å²) in [5.74, 6) is -1.68. The van der Waals surface area contributed by atoms with Gasteiger partial charge in [0.25, 0.3) is 0 Å². The molecule has 0 aliphatic heterocycles. The molecule has 0 amide bonds. The summed E-state index contributed by atoms with van der Waals surface area (Å²) in [5.41, 5.74) is -2.32. The normalized spacial score (nSPS) is 13.8. The Hall–Kier alpha value is -2.60. The highest BCUT2D eigenvalue weighted by atomic mass is 32.2. The van der Waals surface area contributed by atoms with Crippen molar-refractivity contribution in [3.05, 3.63) is 35.1 Å². The maximum Gasteiger partial charge on any atom is 0.404 e. The lowest BCUT2D eigenvalue weighted by Gasteiger charge is -2.21. The molecule has 17 heteroatoms. The van der Waals surface area contributed by atoms with Crippen LogP contribution in [0.25, 0.3) is 21.3 Å². The van der Waals surface area contributed by atoms with Crippen LogP contribution in [0.1, 0.15) is 44.3 Å². The Morgan fingerprint density at radius 3 is 2.38 bits per heavy atom. The summed E-state index contributed by atoms with van der Waals surface area (Å²) in [6.45, 7) is 3.34. The van der Waals surface area contributed by atoms with Crippen LogP contribution in [0, 0.1) is 5.82 Å². The summed E-state index contributed by atoms with van der Waals surface area (Å²) in [4.78, 5) is 6.97. The molecule has 0 saturated carbocycles. The van der Waals surface area contributed by atoms with E-state index in [1.165, 1.54) is 18.6 Å². The average Bonchev–Trinajstić information content (AvgIpc) is 3.43. The molecular weight excluding hydrogens is 578 g/mol. The number of benzene rings is 1. The average molecular weight is 603 g/mol. The third kappa shape index (κ3) is 7.33. The molecule has 39 heavy (non-hydrogen) atoms. The smallest absolute Gasteiger partial charge is 0.390 e. The zero-order valence-corrected chi connectivity index (χ0v) is 22.3. The lowest BCUT2D eigenvalue weighted by molar-refractivity contribution is -0.151. The number of aliphatic hydroxyl groups is 2. The Morgan fingerprint density at radius 2 is 1.85 bits per heavy atom. The quantitative estimate of drug-likeness (QED) is 0.277. The second-order valence-electron chi connectivity index (χ2n) is 9.08. The Labute approximate surface area is 222 Å². The molecule has 0 aliphatic rings. The Kier molecular flexibility index (Phi) is 9.11. The van der Waals surface area contributed by atoms with Gasteiger partial charge in [-0.15, -0.1) is 11.3 Å². The minimum absolute atomic E-state index is 0.00790. The second-order valence-corrected chi connectivity index (χ2v) is 11.8. The van der Waals surface area contributed by atoms with Gasteiger partial charge in [0, 0.05) is 17.5 Å². The van der Waals surface area contributed by atoms with Gasteiger partial charge in [0.2, 0.25) is 28.2 Å². The maximum atomic E-state index is 15.5. The van der Waals surface area contributed by atoms with Crippen LogP contribution in [0.3, 0.4) is 0 Å². The van der Waals surface area contributed by atoms with Crippen molar-refractivity contribution >= 4 is 21.4 Å². The van der Waals surface area contributed by atoms with Gasteiger partial charge >= 0.3 is 6.18 Å². The van der Waals surface area contributed by atoms with Crippen LogP contribution in [0.4, 0.5) is 26.3 Å². The van der Waals surface area contributed by atoms with E-state index in [9.17, 15) is 40.6 Å². The van der Waals surface area contributed by atoms with E-state index >= 15 is 4.39 Å². The summed E-state index contributed by atoms with van der Waals surface area (Å²) < 4.78 is 113. The van der Waals surface area contributed by atoms with Gasteiger partial charge < -0.3 is 14.7 Å². The highest BCUT2D eigenvalue weighted by Crippen LogP contribution is 2.39. The van der Waals surface area contributed by atoms with Crippen LogP contribution in [0.15, 0.2) is 21.6 Å².